The van der Waals surface area contributed by atoms with Crippen molar-refractivity contribution in [3.05, 3.63) is 70.6 Å². The average molecular weight is 710 g/mol. The molecular weight excluding hydrogens is 675 g/mol. The van der Waals surface area contributed by atoms with Gasteiger partial charge in [-0.1, -0.05) is 16.8 Å². The van der Waals surface area contributed by atoms with Gasteiger partial charge in [0.05, 0.1) is 29.9 Å². The molecule has 2 aromatic rings. The van der Waals surface area contributed by atoms with Crippen LogP contribution in [0.15, 0.2) is 53.2 Å². The number of carbonyl (C=O) groups is 2. The number of benzene rings is 2. The Hall–Kier alpha value is -4.14. The van der Waals surface area contributed by atoms with Crippen molar-refractivity contribution in [1.29, 1.82) is 0 Å². The predicted molar refractivity (Wildman–Crippen MR) is 164 cm³/mol. The number of aliphatic hydroxyl groups excluding tert-OH is 1. The number of ether oxygens (including phenoxy) is 1. The Bertz CT molecular complexity index is 1750. The molecule has 4 aliphatic carbocycles. The average Bonchev–Trinajstić information content (AvgIpc) is 3.33. The van der Waals surface area contributed by atoms with E-state index in [1.165, 1.54) is 19.2 Å². The number of nitrogens with one attached hydrogen (secondary N) is 2. The molecule has 8 atom stereocenters. The van der Waals surface area contributed by atoms with Crippen molar-refractivity contribution in [3.63, 3.8) is 0 Å². The van der Waals surface area contributed by atoms with Crippen LogP contribution in [0.3, 0.4) is 0 Å². The zero-order chi connectivity index (χ0) is 35.7. The third kappa shape index (κ3) is 6.33. The van der Waals surface area contributed by atoms with Crippen LogP contribution in [0, 0.1) is 41.3 Å². The number of rotatable bonds is 8. The lowest BCUT2D eigenvalue weighted by Gasteiger charge is -2.30. The van der Waals surface area contributed by atoms with E-state index in [2.05, 4.69) is 21.9 Å². The number of nitrogens with zero attached hydrogens (tertiary/aromatic N) is 1. The number of carbonyl (C=O) groups excluding carboxylic acids is 2. The minimum Gasteiger partial charge on any atom is -0.496 e. The molecule has 2 bridgehead atoms. The van der Waals surface area contributed by atoms with E-state index in [-0.39, 0.29) is 41.7 Å². The number of fused-ring (bicyclic) bond motifs is 3. The Kier molecular flexibility index (Phi) is 8.63. The highest BCUT2D eigenvalue weighted by molar-refractivity contribution is 6.06. The normalized spacial score (nSPS) is 30.1. The number of hydrogen-bond acceptors (Lipinski definition) is 6. The molecular formula is C35H34F7N3O5. The zero-order valence-electron chi connectivity index (χ0n) is 26.7. The van der Waals surface area contributed by atoms with Gasteiger partial charge in [0.2, 0.25) is 5.91 Å². The Labute approximate surface area is 282 Å². The molecule has 0 aromatic heterocycles. The molecule has 4 saturated carbocycles. The van der Waals surface area contributed by atoms with Crippen LogP contribution in [-0.2, 0) is 15.8 Å². The van der Waals surface area contributed by atoms with E-state index in [1.54, 1.807) is 6.07 Å². The third-order valence-corrected chi connectivity index (χ3v) is 10.8. The molecule has 7 rings (SSSR count). The summed E-state index contributed by atoms with van der Waals surface area (Å²) in [6.07, 6.45) is -7.49. The van der Waals surface area contributed by atoms with Gasteiger partial charge in [-0.05, 0) is 92.7 Å². The van der Waals surface area contributed by atoms with Crippen molar-refractivity contribution in [3.8, 4) is 5.75 Å². The van der Waals surface area contributed by atoms with Crippen molar-refractivity contribution in [2.24, 2.45) is 40.7 Å². The van der Waals surface area contributed by atoms with E-state index in [0.717, 1.165) is 24.5 Å². The van der Waals surface area contributed by atoms with Crippen LogP contribution < -0.4 is 15.4 Å². The third-order valence-electron chi connectivity index (χ3n) is 10.8. The number of halogens is 7. The molecule has 5 aliphatic rings. The first-order chi connectivity index (χ1) is 23.6. The van der Waals surface area contributed by atoms with E-state index < -0.39 is 71.6 Å². The lowest BCUT2D eigenvalue weighted by Crippen LogP contribution is -2.48. The van der Waals surface area contributed by atoms with Crippen molar-refractivity contribution >= 4 is 23.2 Å². The number of amides is 2. The minimum absolute atomic E-state index is 0.0195. The molecule has 50 heavy (non-hydrogen) atoms. The van der Waals surface area contributed by atoms with Crippen LogP contribution in [-0.4, -0.2) is 54.2 Å². The van der Waals surface area contributed by atoms with Crippen LogP contribution >= 0.6 is 0 Å². The molecule has 2 amide bonds. The SMILES string of the molecule is COc1ccc(C2=NOC3CC(C(O)C(F)(F)F)CC23)cc1C(=O)N[C@@H]1C2CCC(/C2=C/C2CC2)[C@@H]1C(=O)Nc1ccc(F)c(C(F)(F)F)c1. The molecule has 268 valence electrons. The molecule has 0 radical (unpaired) electrons. The van der Waals surface area contributed by atoms with Gasteiger partial charge in [-0.15, -0.1) is 0 Å². The maximum atomic E-state index is 14.0. The molecule has 1 aliphatic heterocycles. The molecule has 0 saturated heterocycles. The van der Waals surface area contributed by atoms with Gasteiger partial charge in [0.1, 0.15) is 17.7 Å². The fraction of sp³-hybridized carbons (Fsp3) is 0.514. The minimum atomic E-state index is -4.97. The van der Waals surface area contributed by atoms with Gasteiger partial charge in [-0.25, -0.2) is 4.39 Å². The van der Waals surface area contributed by atoms with Crippen molar-refractivity contribution < 1.29 is 55.0 Å². The molecule has 15 heteroatoms. The summed E-state index contributed by atoms with van der Waals surface area (Å²) in [5.41, 5.74) is 0.126. The number of anilines is 1. The van der Waals surface area contributed by atoms with Crippen molar-refractivity contribution in [2.45, 2.75) is 69.1 Å². The van der Waals surface area contributed by atoms with Gasteiger partial charge in [0.15, 0.2) is 6.10 Å². The quantitative estimate of drug-likeness (QED) is 0.211. The summed E-state index contributed by atoms with van der Waals surface area (Å²) in [5.74, 6) is -5.04. The van der Waals surface area contributed by atoms with Crippen LogP contribution in [0.1, 0.15) is 60.0 Å². The number of alkyl halides is 6. The highest BCUT2D eigenvalue weighted by Gasteiger charge is 2.55. The second-order valence-corrected chi connectivity index (χ2v) is 13.9. The second kappa shape index (κ2) is 12.6. The van der Waals surface area contributed by atoms with Crippen molar-refractivity contribution in [2.75, 3.05) is 12.4 Å². The first-order valence-corrected chi connectivity index (χ1v) is 16.5. The van der Waals surface area contributed by atoms with Gasteiger partial charge in [-0.3, -0.25) is 9.59 Å². The number of allylic oxidation sites excluding steroid dienone is 1. The lowest BCUT2D eigenvalue weighted by atomic mass is 9.83. The summed E-state index contributed by atoms with van der Waals surface area (Å²) < 4.78 is 99.3. The highest BCUT2D eigenvalue weighted by Crippen LogP contribution is 2.54. The second-order valence-electron chi connectivity index (χ2n) is 13.9. The van der Waals surface area contributed by atoms with E-state index in [1.807, 2.05) is 0 Å². The van der Waals surface area contributed by atoms with Crippen LogP contribution in [0.2, 0.25) is 0 Å². The summed E-state index contributed by atoms with van der Waals surface area (Å²) in [6.45, 7) is 0. The molecule has 4 fully saturated rings. The lowest BCUT2D eigenvalue weighted by molar-refractivity contribution is -0.219. The van der Waals surface area contributed by atoms with Crippen LogP contribution in [0.4, 0.5) is 36.4 Å². The van der Waals surface area contributed by atoms with Gasteiger partial charge < -0.3 is 25.3 Å². The van der Waals surface area contributed by atoms with Crippen LogP contribution in [0.5, 0.6) is 5.75 Å². The molecule has 3 N–H and O–H groups in total. The van der Waals surface area contributed by atoms with Gasteiger partial charge in [-0.2, -0.15) is 26.3 Å². The summed E-state index contributed by atoms with van der Waals surface area (Å²) >= 11 is 0. The first-order valence-electron chi connectivity index (χ1n) is 16.5. The van der Waals surface area contributed by atoms with Crippen LogP contribution in [0.25, 0.3) is 0 Å². The molecule has 1 heterocycles. The topological polar surface area (TPSA) is 109 Å². The Morgan fingerprint density at radius 3 is 2.42 bits per heavy atom. The highest BCUT2D eigenvalue weighted by atomic mass is 19.4. The van der Waals surface area contributed by atoms with Gasteiger partial charge >= 0.3 is 12.4 Å². The Morgan fingerprint density at radius 1 is 1.00 bits per heavy atom. The fourth-order valence-corrected chi connectivity index (χ4v) is 8.30. The van der Waals surface area contributed by atoms with Gasteiger partial charge in [0, 0.05) is 29.1 Å². The first kappa shape index (κ1) is 34.3. The number of methoxy groups -OCH3 is 1. The molecule has 2 aromatic carbocycles. The Morgan fingerprint density at radius 2 is 1.74 bits per heavy atom. The van der Waals surface area contributed by atoms with E-state index in [9.17, 15) is 45.4 Å². The predicted octanol–water partition coefficient (Wildman–Crippen LogP) is 6.63. The fourth-order valence-electron chi connectivity index (χ4n) is 8.30. The van der Waals surface area contributed by atoms with Gasteiger partial charge in [0.25, 0.3) is 5.91 Å². The maximum Gasteiger partial charge on any atom is 0.419 e. The summed E-state index contributed by atoms with van der Waals surface area (Å²) in [4.78, 5) is 33.3. The largest absolute Gasteiger partial charge is 0.496 e. The van der Waals surface area contributed by atoms with Crippen molar-refractivity contribution in [1.82, 2.24) is 5.32 Å². The number of hydrogen-bond donors (Lipinski definition) is 3. The summed E-state index contributed by atoms with van der Waals surface area (Å²) in [7, 11) is 1.36. The van der Waals surface area contributed by atoms with E-state index >= 15 is 0 Å². The summed E-state index contributed by atoms with van der Waals surface area (Å²) in [6, 6.07) is 6.13. The number of aliphatic hydroxyl groups is 1. The molecule has 6 unspecified atom stereocenters. The molecule has 8 nitrogen and oxygen atoms in total. The monoisotopic (exact) mass is 709 g/mol. The number of oxime groups is 1. The van der Waals surface area contributed by atoms with E-state index in [0.29, 0.717) is 42.2 Å². The standard InChI is InChI=1S/C35H34F7N3O5/c1-49-26-9-4-16(29-22-12-17(13-27(22)50-45-29)31(46)35(40,41)42)11-23(26)32(47)44-30-20-7-6-19(21(20)10-15-2-3-15)28(30)33(48)43-18-5-8-25(36)24(14-18)34(37,38)39/h4-5,8-11,14-15,17,19-20,22,27-28,30-31,46H,2-3,6-7,12-13H2,1H3,(H,43,48)(H,44,47)/b21-10-/t17?,19?,20?,22?,27?,28-,30+,31?/m0/s1. The summed E-state index contributed by atoms with van der Waals surface area (Å²) in [5, 5.41) is 19.5. The zero-order valence-corrected chi connectivity index (χ0v) is 26.7. The smallest absolute Gasteiger partial charge is 0.419 e. The molecule has 0 spiro atoms. The maximum absolute atomic E-state index is 14.0. The van der Waals surface area contributed by atoms with E-state index in [4.69, 9.17) is 9.57 Å². The Balaban J connectivity index is 1.14.